The van der Waals surface area contributed by atoms with E-state index >= 15 is 0 Å². The number of carbonyl (C=O) groups is 1. The number of aromatic nitrogens is 4. The SMILES string of the molecule is O=C1Nc2c(cc([N+](=O)[O-])cc2[N+](=O)[O-])C1c1ncnc2c1cnn2C1CCCC1. The predicted molar refractivity (Wildman–Crippen MR) is 103 cm³/mol. The minimum atomic E-state index is -1.04. The number of amides is 1. The van der Waals surface area contributed by atoms with Crippen LogP contribution >= 0.6 is 0 Å². The third kappa shape index (κ3) is 2.60. The van der Waals surface area contributed by atoms with Crippen molar-refractivity contribution < 1.29 is 14.6 Å². The van der Waals surface area contributed by atoms with Gasteiger partial charge in [-0.05, 0) is 12.8 Å². The molecule has 1 atom stereocenters. The van der Waals surface area contributed by atoms with Gasteiger partial charge in [-0.3, -0.25) is 25.0 Å². The summed E-state index contributed by atoms with van der Waals surface area (Å²) in [5.41, 5.74) is 0.00402. The molecule has 152 valence electrons. The van der Waals surface area contributed by atoms with Crippen molar-refractivity contribution in [3.63, 3.8) is 0 Å². The molecule has 2 aliphatic rings. The van der Waals surface area contributed by atoms with Crippen molar-refractivity contribution in [2.24, 2.45) is 0 Å². The second-order valence-corrected chi connectivity index (χ2v) is 7.39. The molecular formula is C18H15N7O5. The third-order valence-electron chi connectivity index (χ3n) is 5.73. The van der Waals surface area contributed by atoms with E-state index in [1.54, 1.807) is 6.20 Å². The lowest BCUT2D eigenvalue weighted by atomic mass is 9.94. The second-order valence-electron chi connectivity index (χ2n) is 7.39. The molecule has 3 heterocycles. The van der Waals surface area contributed by atoms with Gasteiger partial charge in [-0.25, -0.2) is 14.6 Å². The van der Waals surface area contributed by atoms with Crippen molar-refractivity contribution in [3.05, 3.63) is 56.1 Å². The molecule has 12 nitrogen and oxygen atoms in total. The lowest BCUT2D eigenvalue weighted by Crippen LogP contribution is -2.15. The first-order valence-corrected chi connectivity index (χ1v) is 9.41. The van der Waals surface area contributed by atoms with Crippen LogP contribution in [0.25, 0.3) is 11.0 Å². The highest BCUT2D eigenvalue weighted by molar-refractivity contribution is 6.08. The first kappa shape index (κ1) is 18.1. The molecular weight excluding hydrogens is 394 g/mol. The van der Waals surface area contributed by atoms with Crippen molar-refractivity contribution in [3.8, 4) is 0 Å². The Bertz CT molecular complexity index is 1230. The summed E-state index contributed by atoms with van der Waals surface area (Å²) in [6, 6.07) is 2.24. The van der Waals surface area contributed by atoms with Crippen LogP contribution in [0.4, 0.5) is 17.1 Å². The zero-order valence-electron chi connectivity index (χ0n) is 15.5. The second kappa shape index (κ2) is 6.54. The van der Waals surface area contributed by atoms with Crippen molar-refractivity contribution in [1.82, 2.24) is 19.7 Å². The average molecular weight is 409 g/mol. The Balaban J connectivity index is 1.70. The number of anilines is 1. The smallest absolute Gasteiger partial charge is 0.299 e. The van der Waals surface area contributed by atoms with E-state index in [0.717, 1.165) is 31.7 Å². The molecule has 1 amide bonds. The average Bonchev–Trinajstić information content (AvgIpc) is 3.44. The molecule has 30 heavy (non-hydrogen) atoms. The van der Waals surface area contributed by atoms with Crippen molar-refractivity contribution in [1.29, 1.82) is 0 Å². The molecule has 0 saturated heterocycles. The molecule has 1 saturated carbocycles. The number of nitro benzene ring substituents is 2. The van der Waals surface area contributed by atoms with Crippen LogP contribution in [0.2, 0.25) is 0 Å². The van der Waals surface area contributed by atoms with Gasteiger partial charge in [0.15, 0.2) is 5.65 Å². The molecule has 5 rings (SSSR count). The van der Waals surface area contributed by atoms with E-state index in [1.165, 1.54) is 12.4 Å². The van der Waals surface area contributed by atoms with Gasteiger partial charge in [0.1, 0.15) is 17.9 Å². The Morgan fingerprint density at radius 2 is 1.87 bits per heavy atom. The molecule has 0 spiro atoms. The van der Waals surface area contributed by atoms with Crippen LogP contribution in [-0.4, -0.2) is 35.5 Å². The fourth-order valence-electron chi connectivity index (χ4n) is 4.38. The molecule has 1 aliphatic carbocycles. The minimum absolute atomic E-state index is 0.0458. The quantitative estimate of drug-likeness (QED) is 0.508. The molecule has 12 heteroatoms. The number of nitrogens with zero attached hydrogens (tertiary/aromatic N) is 6. The van der Waals surface area contributed by atoms with Gasteiger partial charge in [0, 0.05) is 11.6 Å². The summed E-state index contributed by atoms with van der Waals surface area (Å²) < 4.78 is 1.83. The van der Waals surface area contributed by atoms with Crippen LogP contribution in [-0.2, 0) is 4.79 Å². The lowest BCUT2D eigenvalue weighted by molar-refractivity contribution is -0.393. The van der Waals surface area contributed by atoms with Crippen LogP contribution in [0.3, 0.4) is 0 Å². The zero-order valence-corrected chi connectivity index (χ0v) is 15.5. The van der Waals surface area contributed by atoms with E-state index < -0.39 is 33.0 Å². The van der Waals surface area contributed by atoms with Gasteiger partial charge in [-0.2, -0.15) is 5.10 Å². The standard InChI is InChI=1S/C18H15N7O5/c26-18-14(11-5-10(24(27)28)6-13(25(29)30)15(11)22-18)16-12-7-21-23(9-3-1-2-4-9)17(12)20-8-19-16/h5-9,14H,1-4H2,(H,22,26). The maximum atomic E-state index is 12.8. The fraction of sp³-hybridized carbons (Fsp3) is 0.333. The van der Waals surface area contributed by atoms with Crippen molar-refractivity contribution in [2.45, 2.75) is 37.6 Å². The number of nitro groups is 2. The third-order valence-corrected chi connectivity index (χ3v) is 5.73. The number of rotatable bonds is 4. The molecule has 0 radical (unpaired) electrons. The number of fused-ring (bicyclic) bond motifs is 2. The summed E-state index contributed by atoms with van der Waals surface area (Å²) in [7, 11) is 0. The van der Waals surface area contributed by atoms with Crippen molar-refractivity contribution in [2.75, 3.05) is 5.32 Å². The van der Waals surface area contributed by atoms with Crippen LogP contribution in [0.5, 0.6) is 0 Å². The highest BCUT2D eigenvalue weighted by atomic mass is 16.6. The number of nitrogens with one attached hydrogen (secondary N) is 1. The molecule has 1 aromatic carbocycles. The van der Waals surface area contributed by atoms with E-state index in [0.29, 0.717) is 16.7 Å². The number of hydrogen-bond acceptors (Lipinski definition) is 8. The minimum Gasteiger partial charge on any atom is -0.319 e. The normalized spacial score (nSPS) is 18.5. The van der Waals surface area contributed by atoms with Gasteiger partial charge in [-0.15, -0.1) is 0 Å². The van der Waals surface area contributed by atoms with Crippen LogP contribution in [0.1, 0.15) is 48.9 Å². The van der Waals surface area contributed by atoms with E-state index in [9.17, 15) is 25.0 Å². The summed E-state index contributed by atoms with van der Waals surface area (Å²) in [6.07, 6.45) is 7.09. The number of carbonyl (C=O) groups excluding carboxylic acids is 1. The van der Waals surface area contributed by atoms with E-state index in [2.05, 4.69) is 20.4 Å². The van der Waals surface area contributed by atoms with Gasteiger partial charge < -0.3 is 5.32 Å². The summed E-state index contributed by atoms with van der Waals surface area (Å²) in [5.74, 6) is -1.58. The molecule has 0 bridgehead atoms. The Morgan fingerprint density at radius 1 is 1.10 bits per heavy atom. The molecule has 2 aromatic heterocycles. The van der Waals surface area contributed by atoms with Crippen molar-refractivity contribution >= 4 is 34.0 Å². The highest BCUT2D eigenvalue weighted by Crippen LogP contribution is 2.45. The van der Waals surface area contributed by atoms with E-state index in [1.807, 2.05) is 4.68 Å². The molecule has 1 unspecified atom stereocenters. The van der Waals surface area contributed by atoms with Crippen LogP contribution in [0.15, 0.2) is 24.7 Å². The molecule has 3 aromatic rings. The number of hydrogen-bond donors (Lipinski definition) is 1. The summed E-state index contributed by atoms with van der Waals surface area (Å²) in [5, 5.41) is 30.2. The molecule has 1 fully saturated rings. The van der Waals surface area contributed by atoms with Gasteiger partial charge >= 0.3 is 0 Å². The first-order valence-electron chi connectivity index (χ1n) is 9.41. The Labute approximate surface area is 168 Å². The van der Waals surface area contributed by atoms with Gasteiger partial charge in [0.25, 0.3) is 11.4 Å². The number of benzene rings is 1. The molecule has 1 N–H and O–H groups in total. The maximum absolute atomic E-state index is 12.8. The largest absolute Gasteiger partial charge is 0.319 e. The fourth-order valence-corrected chi connectivity index (χ4v) is 4.38. The van der Waals surface area contributed by atoms with E-state index in [4.69, 9.17) is 0 Å². The van der Waals surface area contributed by atoms with E-state index in [-0.39, 0.29) is 17.3 Å². The summed E-state index contributed by atoms with van der Waals surface area (Å²) in [6.45, 7) is 0. The summed E-state index contributed by atoms with van der Waals surface area (Å²) >= 11 is 0. The van der Waals surface area contributed by atoms with Gasteiger partial charge in [0.05, 0.1) is 39.2 Å². The monoisotopic (exact) mass is 409 g/mol. The Morgan fingerprint density at radius 3 is 2.57 bits per heavy atom. The molecule has 1 aliphatic heterocycles. The van der Waals surface area contributed by atoms with Gasteiger partial charge in [0.2, 0.25) is 5.91 Å². The highest BCUT2D eigenvalue weighted by Gasteiger charge is 2.41. The lowest BCUT2D eigenvalue weighted by Gasteiger charge is -2.12. The van der Waals surface area contributed by atoms with Crippen LogP contribution in [0, 0.1) is 20.2 Å². The Hall–Kier alpha value is -3.96. The van der Waals surface area contributed by atoms with Gasteiger partial charge in [-0.1, -0.05) is 12.8 Å². The first-order chi connectivity index (χ1) is 14.5. The Kier molecular flexibility index (Phi) is 3.94. The predicted octanol–water partition coefficient (Wildman–Crippen LogP) is 2.84. The zero-order chi connectivity index (χ0) is 21.0. The maximum Gasteiger partial charge on any atom is 0.299 e. The topological polar surface area (TPSA) is 159 Å². The van der Waals surface area contributed by atoms with Crippen LogP contribution < -0.4 is 5.32 Å². The summed E-state index contributed by atoms with van der Waals surface area (Å²) in [4.78, 5) is 42.7. The number of non-ortho nitro benzene ring substituents is 1.